The fraction of sp³-hybridized carbons (Fsp3) is 0.321. The molecule has 190 valence electrons. The highest BCUT2D eigenvalue weighted by Gasteiger charge is 2.28. The highest BCUT2D eigenvalue weighted by atomic mass is 32.2. The third kappa shape index (κ3) is 6.51. The molecule has 3 aromatic rings. The number of anilines is 1. The number of hydrogen-bond acceptors (Lipinski definition) is 5. The zero-order valence-electron chi connectivity index (χ0n) is 20.7. The molecule has 0 aromatic heterocycles. The van der Waals surface area contributed by atoms with Crippen molar-refractivity contribution in [3.63, 3.8) is 0 Å². The summed E-state index contributed by atoms with van der Waals surface area (Å²) in [5, 5.41) is 3.00. The van der Waals surface area contributed by atoms with Gasteiger partial charge in [0.15, 0.2) is 0 Å². The molecule has 8 heteroatoms. The number of nitrogens with one attached hydrogen (secondary N) is 1. The fourth-order valence-electron chi connectivity index (χ4n) is 4.32. The molecule has 0 saturated carbocycles. The molecule has 36 heavy (non-hydrogen) atoms. The van der Waals surface area contributed by atoms with E-state index in [0.29, 0.717) is 17.8 Å². The van der Waals surface area contributed by atoms with E-state index in [0.717, 1.165) is 44.7 Å². The number of carbonyl (C=O) groups is 1. The molecular formula is C28H34N4O3S. The van der Waals surface area contributed by atoms with E-state index in [9.17, 15) is 13.2 Å². The lowest BCUT2D eigenvalue weighted by Gasteiger charge is -2.32. The first-order valence-electron chi connectivity index (χ1n) is 12.3. The van der Waals surface area contributed by atoms with Gasteiger partial charge < -0.3 is 15.1 Å². The maximum atomic E-state index is 13.8. The first kappa shape index (κ1) is 25.9. The summed E-state index contributed by atoms with van der Waals surface area (Å²) < 4.78 is 28.8. The molecule has 1 N–H and O–H groups in total. The highest BCUT2D eigenvalue weighted by Crippen LogP contribution is 2.29. The van der Waals surface area contributed by atoms with E-state index in [4.69, 9.17) is 0 Å². The summed E-state index contributed by atoms with van der Waals surface area (Å²) in [6.07, 6.45) is 0.841. The van der Waals surface area contributed by atoms with Crippen LogP contribution in [0.3, 0.4) is 0 Å². The van der Waals surface area contributed by atoms with Crippen LogP contribution in [0.1, 0.15) is 22.3 Å². The van der Waals surface area contributed by atoms with Crippen LogP contribution >= 0.6 is 0 Å². The van der Waals surface area contributed by atoms with Crippen molar-refractivity contribution in [3.8, 4) is 0 Å². The lowest BCUT2D eigenvalue weighted by Crippen LogP contribution is -2.45. The molecule has 0 bridgehead atoms. The van der Waals surface area contributed by atoms with Crippen molar-refractivity contribution in [1.29, 1.82) is 0 Å². The quantitative estimate of drug-likeness (QED) is 0.427. The molecule has 1 heterocycles. The Morgan fingerprint density at radius 3 is 2.17 bits per heavy atom. The number of piperazine rings is 1. The Kier molecular flexibility index (Phi) is 8.74. The minimum atomic E-state index is -3.91. The van der Waals surface area contributed by atoms with Gasteiger partial charge in [-0.1, -0.05) is 60.7 Å². The molecule has 1 amide bonds. The van der Waals surface area contributed by atoms with Gasteiger partial charge in [-0.05, 0) is 49.8 Å². The monoisotopic (exact) mass is 506 g/mol. The van der Waals surface area contributed by atoms with Gasteiger partial charge in [-0.3, -0.25) is 9.10 Å². The van der Waals surface area contributed by atoms with E-state index in [-0.39, 0.29) is 17.3 Å². The number of benzene rings is 3. The molecule has 0 aliphatic carbocycles. The summed E-state index contributed by atoms with van der Waals surface area (Å²) in [7, 11) is -1.78. The number of likely N-dealkylation sites (N-methyl/N-ethyl adjacent to an activating group) is 1. The van der Waals surface area contributed by atoms with Crippen molar-refractivity contribution >= 4 is 21.6 Å². The van der Waals surface area contributed by atoms with Crippen molar-refractivity contribution in [3.05, 3.63) is 96.1 Å². The van der Waals surface area contributed by atoms with Gasteiger partial charge in [0, 0.05) is 32.7 Å². The Morgan fingerprint density at radius 1 is 0.861 bits per heavy atom. The predicted molar refractivity (Wildman–Crippen MR) is 144 cm³/mol. The number of carbonyl (C=O) groups excluding carboxylic acids is 1. The van der Waals surface area contributed by atoms with Crippen LogP contribution in [0.5, 0.6) is 0 Å². The number of amides is 1. The third-order valence-corrected chi connectivity index (χ3v) is 8.22. The van der Waals surface area contributed by atoms with Gasteiger partial charge in [0.1, 0.15) is 0 Å². The third-order valence-electron chi connectivity index (χ3n) is 6.45. The lowest BCUT2D eigenvalue weighted by atomic mass is 10.1. The maximum absolute atomic E-state index is 13.8. The lowest BCUT2D eigenvalue weighted by molar-refractivity contribution is 0.0950. The normalized spacial score (nSPS) is 14.9. The molecule has 4 rings (SSSR count). The Bertz CT molecular complexity index is 1230. The van der Waals surface area contributed by atoms with Crippen LogP contribution in [-0.2, 0) is 16.6 Å². The van der Waals surface area contributed by atoms with Crippen LogP contribution in [0.15, 0.2) is 89.8 Å². The van der Waals surface area contributed by atoms with Crippen LogP contribution in [0, 0.1) is 0 Å². The molecule has 1 aliphatic rings. The second-order valence-corrected chi connectivity index (χ2v) is 10.9. The van der Waals surface area contributed by atoms with Crippen molar-refractivity contribution in [2.45, 2.75) is 17.9 Å². The summed E-state index contributed by atoms with van der Waals surface area (Å²) in [6, 6.07) is 24.7. The minimum absolute atomic E-state index is 0.117. The van der Waals surface area contributed by atoms with Crippen molar-refractivity contribution in [1.82, 2.24) is 15.1 Å². The number of para-hydroxylation sites is 1. The molecule has 1 fully saturated rings. The largest absolute Gasteiger partial charge is 0.352 e. The summed E-state index contributed by atoms with van der Waals surface area (Å²) in [5.74, 6) is -0.273. The van der Waals surface area contributed by atoms with Gasteiger partial charge in [0.05, 0.1) is 22.7 Å². The summed E-state index contributed by atoms with van der Waals surface area (Å²) in [5.41, 5.74) is 1.54. The Hall–Kier alpha value is -3.20. The second kappa shape index (κ2) is 12.2. The van der Waals surface area contributed by atoms with Gasteiger partial charge in [-0.2, -0.15) is 0 Å². The molecule has 0 atom stereocenters. The van der Waals surface area contributed by atoms with Crippen molar-refractivity contribution in [2.24, 2.45) is 0 Å². The number of rotatable bonds is 10. The number of nitrogens with zero attached hydrogens (tertiary/aromatic N) is 3. The Morgan fingerprint density at radius 2 is 1.47 bits per heavy atom. The average Bonchev–Trinajstić information content (AvgIpc) is 2.91. The molecule has 0 spiro atoms. The van der Waals surface area contributed by atoms with E-state index in [2.05, 4.69) is 22.2 Å². The van der Waals surface area contributed by atoms with E-state index >= 15 is 0 Å². The Balaban J connectivity index is 1.53. The number of sulfonamides is 1. The Labute approximate surface area is 214 Å². The fourth-order valence-corrected chi connectivity index (χ4v) is 5.82. The molecule has 0 unspecified atom stereocenters. The predicted octanol–water partition coefficient (Wildman–Crippen LogP) is 3.45. The van der Waals surface area contributed by atoms with Crippen molar-refractivity contribution in [2.75, 3.05) is 50.6 Å². The molecule has 7 nitrogen and oxygen atoms in total. The first-order chi connectivity index (χ1) is 17.4. The highest BCUT2D eigenvalue weighted by molar-refractivity contribution is 7.92. The van der Waals surface area contributed by atoms with Crippen LogP contribution in [0.25, 0.3) is 0 Å². The number of hydrogen-bond donors (Lipinski definition) is 1. The summed E-state index contributed by atoms with van der Waals surface area (Å²) in [4.78, 5) is 18.1. The van der Waals surface area contributed by atoms with Crippen LogP contribution in [0.2, 0.25) is 0 Å². The van der Waals surface area contributed by atoms with Crippen molar-refractivity contribution < 1.29 is 13.2 Å². The average molecular weight is 507 g/mol. The van der Waals surface area contributed by atoms with Gasteiger partial charge in [-0.25, -0.2) is 8.42 Å². The molecule has 1 saturated heterocycles. The zero-order chi connectivity index (χ0) is 25.4. The smallest absolute Gasteiger partial charge is 0.264 e. The van der Waals surface area contributed by atoms with Gasteiger partial charge in [-0.15, -0.1) is 0 Å². The van der Waals surface area contributed by atoms with Crippen LogP contribution < -0.4 is 9.62 Å². The van der Waals surface area contributed by atoms with E-state index < -0.39 is 10.0 Å². The first-order valence-corrected chi connectivity index (χ1v) is 13.8. The van der Waals surface area contributed by atoms with Crippen LogP contribution in [0.4, 0.5) is 5.69 Å². The topological polar surface area (TPSA) is 73.0 Å². The molecular weight excluding hydrogens is 472 g/mol. The zero-order valence-corrected chi connectivity index (χ0v) is 21.5. The summed E-state index contributed by atoms with van der Waals surface area (Å²) in [6.45, 7) is 5.78. The SMILES string of the molecule is CN1CCN(CCCNC(=O)c2ccccc2N(Cc2ccccc2)S(=O)(=O)c2ccccc2)CC1. The maximum Gasteiger partial charge on any atom is 0.264 e. The van der Waals surface area contributed by atoms with Gasteiger partial charge in [0.2, 0.25) is 0 Å². The second-order valence-electron chi connectivity index (χ2n) is 9.08. The molecule has 1 aliphatic heterocycles. The van der Waals surface area contributed by atoms with Crippen LogP contribution in [-0.4, -0.2) is 70.4 Å². The van der Waals surface area contributed by atoms with Gasteiger partial charge >= 0.3 is 0 Å². The minimum Gasteiger partial charge on any atom is -0.352 e. The molecule has 0 radical (unpaired) electrons. The van der Waals surface area contributed by atoms with E-state index in [1.165, 1.54) is 4.31 Å². The van der Waals surface area contributed by atoms with Gasteiger partial charge in [0.25, 0.3) is 15.9 Å². The van der Waals surface area contributed by atoms with E-state index in [1.807, 2.05) is 30.3 Å². The standard InChI is InChI=1S/C28H34N4O3S/c1-30-19-21-31(22-20-30)18-10-17-29-28(33)26-15-8-9-16-27(26)32(23-24-11-4-2-5-12-24)36(34,35)25-13-6-3-7-14-25/h2-9,11-16H,10,17-23H2,1H3,(H,29,33). The summed E-state index contributed by atoms with van der Waals surface area (Å²) >= 11 is 0. The molecule has 3 aromatic carbocycles. The van der Waals surface area contributed by atoms with E-state index in [1.54, 1.807) is 54.6 Å².